The smallest absolute Gasteiger partial charge is 0.405 e. The minimum absolute atomic E-state index is 0.0438. The van der Waals surface area contributed by atoms with Crippen molar-refractivity contribution in [2.45, 2.75) is 25.3 Å². The molecule has 2 N–H and O–H groups in total. The molecule has 13 heteroatoms. The van der Waals surface area contributed by atoms with E-state index in [2.05, 4.69) is 15.4 Å². The number of fused-ring (bicyclic) bond motifs is 1. The predicted molar refractivity (Wildman–Crippen MR) is 129 cm³/mol. The van der Waals surface area contributed by atoms with Crippen LogP contribution in [0.2, 0.25) is 5.02 Å². The number of alkyl halides is 2. The van der Waals surface area contributed by atoms with Gasteiger partial charge in [0.2, 0.25) is 5.91 Å². The fourth-order valence-electron chi connectivity index (χ4n) is 4.52. The number of benzene rings is 1. The van der Waals surface area contributed by atoms with Crippen molar-refractivity contribution in [3.63, 3.8) is 0 Å². The minimum atomic E-state index is -2.79. The summed E-state index contributed by atoms with van der Waals surface area (Å²) in [6, 6.07) is 10.3. The molecule has 0 aliphatic carbocycles. The minimum Gasteiger partial charge on any atom is -0.489 e. The van der Waals surface area contributed by atoms with Crippen LogP contribution in [0.3, 0.4) is 0 Å². The van der Waals surface area contributed by atoms with Gasteiger partial charge in [0.15, 0.2) is 0 Å². The number of likely N-dealkylation sites (tertiary alicyclic amines) is 1. The summed E-state index contributed by atoms with van der Waals surface area (Å²) in [6.45, 7) is -1.29. The lowest BCUT2D eigenvalue weighted by Crippen LogP contribution is -2.60. The molecule has 3 heterocycles. The molecule has 1 aromatic heterocycles. The van der Waals surface area contributed by atoms with Crippen molar-refractivity contribution >= 4 is 35.2 Å². The Hall–Kier alpha value is -3.80. The summed E-state index contributed by atoms with van der Waals surface area (Å²) in [6.07, 6.45) is -2.49. The van der Waals surface area contributed by atoms with Crippen LogP contribution in [-0.4, -0.2) is 82.3 Å². The molecular formula is C24H24ClF2N5O5. The number of carbonyl (C=O) groups excluding carboxylic acids is 2. The second-order valence-electron chi connectivity index (χ2n) is 8.66. The average Bonchev–Trinajstić information content (AvgIpc) is 3.12. The van der Waals surface area contributed by atoms with Crippen molar-refractivity contribution in [1.29, 1.82) is 0 Å². The van der Waals surface area contributed by atoms with Crippen LogP contribution in [0.25, 0.3) is 0 Å². The van der Waals surface area contributed by atoms with Gasteiger partial charge >= 0.3 is 6.09 Å². The molecule has 2 atom stereocenters. The lowest BCUT2D eigenvalue weighted by Gasteiger charge is -2.40. The number of para-hydroxylation sites is 1. The van der Waals surface area contributed by atoms with Crippen molar-refractivity contribution < 1.29 is 33.0 Å². The Labute approximate surface area is 215 Å². The van der Waals surface area contributed by atoms with E-state index >= 15 is 0 Å². The number of rotatable bonds is 9. The van der Waals surface area contributed by atoms with Crippen LogP contribution >= 0.6 is 11.6 Å². The molecule has 2 aliphatic rings. The highest BCUT2D eigenvalue weighted by molar-refractivity contribution is 6.32. The van der Waals surface area contributed by atoms with Crippen LogP contribution in [0.1, 0.15) is 12.1 Å². The SMILES string of the molecule is O=C(O)NC(COc1ccccc1Cl)C(=O)N1CCC2=NN(CC(F)F)C(=O)C2(Cc2ccccn2)C1. The zero-order valence-corrected chi connectivity index (χ0v) is 20.3. The Kier molecular flexibility index (Phi) is 7.86. The summed E-state index contributed by atoms with van der Waals surface area (Å²) in [5.41, 5.74) is -0.476. The summed E-state index contributed by atoms with van der Waals surface area (Å²) >= 11 is 6.09. The summed E-state index contributed by atoms with van der Waals surface area (Å²) in [5, 5.41) is 16.7. The third-order valence-corrected chi connectivity index (χ3v) is 6.50. The molecule has 0 spiro atoms. The van der Waals surface area contributed by atoms with E-state index in [0.717, 1.165) is 5.01 Å². The van der Waals surface area contributed by atoms with E-state index in [1.165, 1.54) is 4.90 Å². The first-order valence-corrected chi connectivity index (χ1v) is 11.8. The quantitative estimate of drug-likeness (QED) is 0.509. The van der Waals surface area contributed by atoms with E-state index in [4.69, 9.17) is 16.3 Å². The lowest BCUT2D eigenvalue weighted by molar-refractivity contribution is -0.142. The van der Waals surface area contributed by atoms with Crippen LogP contribution in [0.15, 0.2) is 53.8 Å². The molecule has 2 aliphatic heterocycles. The molecule has 3 amide bonds. The van der Waals surface area contributed by atoms with E-state index in [0.29, 0.717) is 11.4 Å². The van der Waals surface area contributed by atoms with Gasteiger partial charge in [-0.05, 0) is 24.3 Å². The monoisotopic (exact) mass is 535 g/mol. The number of nitrogens with zero attached hydrogens (tertiary/aromatic N) is 4. The lowest BCUT2D eigenvalue weighted by atomic mass is 9.74. The number of piperidine rings is 1. The molecule has 1 saturated heterocycles. The summed E-state index contributed by atoms with van der Waals surface area (Å²) < 4.78 is 31.9. The van der Waals surface area contributed by atoms with Gasteiger partial charge in [-0.25, -0.2) is 18.6 Å². The summed E-state index contributed by atoms with van der Waals surface area (Å²) in [7, 11) is 0. The maximum Gasteiger partial charge on any atom is 0.405 e. The first-order chi connectivity index (χ1) is 17.7. The van der Waals surface area contributed by atoms with Gasteiger partial charge in [-0.2, -0.15) is 5.10 Å². The maximum atomic E-state index is 13.5. The number of hydrogen-bond acceptors (Lipinski definition) is 6. The number of hydrogen-bond donors (Lipinski definition) is 2. The van der Waals surface area contributed by atoms with Gasteiger partial charge in [0.05, 0.1) is 10.7 Å². The topological polar surface area (TPSA) is 124 Å². The van der Waals surface area contributed by atoms with Gasteiger partial charge in [0, 0.05) is 37.8 Å². The molecule has 0 bridgehead atoms. The van der Waals surface area contributed by atoms with Gasteiger partial charge in [0.25, 0.3) is 12.3 Å². The largest absolute Gasteiger partial charge is 0.489 e. The van der Waals surface area contributed by atoms with E-state index < -0.39 is 42.3 Å². The number of carboxylic acid groups (broad SMARTS) is 1. The van der Waals surface area contributed by atoms with E-state index in [1.807, 2.05) is 0 Å². The molecule has 37 heavy (non-hydrogen) atoms. The number of hydrazone groups is 1. The molecule has 2 unspecified atom stereocenters. The Balaban J connectivity index is 1.58. The highest BCUT2D eigenvalue weighted by Gasteiger charge is 2.55. The standard InChI is InChI=1S/C24H24ClF2N5O5/c25-16-6-1-2-7-18(16)37-13-17(29-23(35)36)21(33)31-10-8-19-24(14-31,11-15-5-3-4-9-28-15)22(34)32(30-19)12-20(26)27/h1-7,9,17,20,29H,8,10-14H2,(H,35,36). The van der Waals surface area contributed by atoms with Gasteiger partial charge in [-0.3, -0.25) is 14.6 Å². The number of aromatic nitrogens is 1. The van der Waals surface area contributed by atoms with Crippen LogP contribution in [0, 0.1) is 5.41 Å². The van der Waals surface area contributed by atoms with Gasteiger partial charge in [0.1, 0.15) is 30.4 Å². The Morgan fingerprint density at radius 3 is 2.65 bits per heavy atom. The molecular weight excluding hydrogens is 512 g/mol. The Morgan fingerprint density at radius 2 is 1.97 bits per heavy atom. The molecule has 196 valence electrons. The third kappa shape index (κ3) is 5.79. The van der Waals surface area contributed by atoms with Crippen molar-refractivity contribution in [1.82, 2.24) is 20.2 Å². The van der Waals surface area contributed by atoms with E-state index in [1.54, 1.807) is 48.7 Å². The molecule has 1 aromatic carbocycles. The Morgan fingerprint density at radius 1 is 1.22 bits per heavy atom. The van der Waals surface area contributed by atoms with Gasteiger partial charge < -0.3 is 20.1 Å². The number of amides is 3. The number of carbonyl (C=O) groups is 3. The fraction of sp³-hybridized carbons (Fsp3) is 0.375. The normalized spacial score (nSPS) is 19.9. The second kappa shape index (κ2) is 11.1. The molecule has 1 fully saturated rings. The van der Waals surface area contributed by atoms with Crippen molar-refractivity contribution in [3.8, 4) is 5.75 Å². The molecule has 2 aromatic rings. The molecule has 0 radical (unpaired) electrons. The van der Waals surface area contributed by atoms with Crippen molar-refractivity contribution in [3.05, 3.63) is 59.4 Å². The first kappa shape index (κ1) is 26.3. The molecule has 4 rings (SSSR count). The second-order valence-corrected chi connectivity index (χ2v) is 9.07. The van der Waals surface area contributed by atoms with Crippen molar-refractivity contribution in [2.75, 3.05) is 26.2 Å². The Bertz CT molecular complexity index is 1200. The van der Waals surface area contributed by atoms with Crippen LogP contribution in [0.5, 0.6) is 5.75 Å². The molecule has 10 nitrogen and oxygen atoms in total. The highest BCUT2D eigenvalue weighted by atomic mass is 35.5. The summed E-state index contributed by atoms with van der Waals surface area (Å²) in [4.78, 5) is 43.9. The van der Waals surface area contributed by atoms with E-state index in [-0.39, 0.29) is 43.3 Å². The van der Waals surface area contributed by atoms with E-state index in [9.17, 15) is 28.3 Å². The fourth-order valence-corrected chi connectivity index (χ4v) is 4.71. The molecule has 0 saturated carbocycles. The number of pyridine rings is 1. The van der Waals surface area contributed by atoms with Crippen molar-refractivity contribution in [2.24, 2.45) is 10.5 Å². The third-order valence-electron chi connectivity index (χ3n) is 6.19. The average molecular weight is 536 g/mol. The van der Waals surface area contributed by atoms with Crippen LogP contribution in [-0.2, 0) is 16.0 Å². The number of nitrogens with one attached hydrogen (secondary N) is 1. The highest BCUT2D eigenvalue weighted by Crippen LogP contribution is 2.38. The zero-order chi connectivity index (χ0) is 26.6. The van der Waals surface area contributed by atoms with Gasteiger partial charge in [-0.1, -0.05) is 29.8 Å². The zero-order valence-electron chi connectivity index (χ0n) is 19.5. The van der Waals surface area contributed by atoms with Crippen LogP contribution < -0.4 is 10.1 Å². The summed E-state index contributed by atoms with van der Waals surface area (Å²) in [5.74, 6) is -1.02. The first-order valence-electron chi connectivity index (χ1n) is 11.4. The predicted octanol–water partition coefficient (Wildman–Crippen LogP) is 2.67. The van der Waals surface area contributed by atoms with Gasteiger partial charge in [-0.15, -0.1) is 0 Å². The number of halogens is 3. The van der Waals surface area contributed by atoms with Crippen LogP contribution in [0.4, 0.5) is 13.6 Å². The maximum absolute atomic E-state index is 13.5. The number of ether oxygens (including phenoxy) is 1.